The Morgan fingerprint density at radius 2 is 1.87 bits per heavy atom. The molecule has 1 saturated heterocycles. The van der Waals surface area contributed by atoms with E-state index in [9.17, 15) is 15.3 Å². The molecule has 1 aliphatic heterocycles. The van der Waals surface area contributed by atoms with Crippen molar-refractivity contribution in [2.45, 2.75) is 41.9 Å². The van der Waals surface area contributed by atoms with Gasteiger partial charge in [-0.05, 0) is 13.2 Å². The first-order valence-electron chi connectivity index (χ1n) is 5.00. The Balaban J connectivity index is 2.78. The molecular weight excluding hydrogens is 238 g/mol. The van der Waals surface area contributed by atoms with Crippen LogP contribution in [0.2, 0.25) is 0 Å². The Labute approximate surface area is 97.8 Å². The molecule has 5 N–H and O–H groups in total. The number of halogens is 1. The first-order chi connectivity index (χ1) is 6.86. The Morgan fingerprint density at radius 3 is 2.33 bits per heavy atom. The van der Waals surface area contributed by atoms with E-state index in [0.29, 0.717) is 5.75 Å². The average molecular weight is 258 g/mol. The number of thiol groups is 1. The maximum absolute atomic E-state index is 9.87. The van der Waals surface area contributed by atoms with E-state index in [0.717, 1.165) is 0 Å². The van der Waals surface area contributed by atoms with E-state index in [1.165, 1.54) is 0 Å². The minimum Gasteiger partial charge on any atom is -0.390 e. The van der Waals surface area contributed by atoms with Gasteiger partial charge in [-0.2, -0.15) is 0 Å². The van der Waals surface area contributed by atoms with E-state index in [-0.39, 0.29) is 16.7 Å². The van der Waals surface area contributed by atoms with Crippen LogP contribution >= 0.6 is 22.5 Å². The SMILES string of the molecule is C[C@H](Cl)[C@@H](N)[C@@H]1[C@H](O)[C@@H](O)[C@@H](O)C[SH]1C. The molecule has 1 rings (SSSR count). The number of alkyl halides is 1. The summed E-state index contributed by atoms with van der Waals surface area (Å²) in [6, 6.07) is -0.347. The monoisotopic (exact) mass is 257 g/mol. The number of aliphatic hydroxyl groups is 3. The number of rotatable bonds is 2. The lowest BCUT2D eigenvalue weighted by Crippen LogP contribution is -2.58. The van der Waals surface area contributed by atoms with Crippen LogP contribution in [0.25, 0.3) is 0 Å². The van der Waals surface area contributed by atoms with E-state index in [4.69, 9.17) is 17.3 Å². The van der Waals surface area contributed by atoms with Crippen LogP contribution in [0.5, 0.6) is 0 Å². The number of aliphatic hydroxyl groups excluding tert-OH is 3. The summed E-state index contributed by atoms with van der Waals surface area (Å²) in [6.07, 6.45) is -0.946. The lowest BCUT2D eigenvalue weighted by atomic mass is 9.99. The highest BCUT2D eigenvalue weighted by molar-refractivity contribution is 8.17. The predicted molar refractivity (Wildman–Crippen MR) is 64.9 cm³/mol. The normalized spacial score (nSPS) is 48.6. The van der Waals surface area contributed by atoms with Crippen LogP contribution in [-0.4, -0.2) is 62.3 Å². The highest BCUT2D eigenvalue weighted by Crippen LogP contribution is 2.39. The van der Waals surface area contributed by atoms with Crippen LogP contribution < -0.4 is 5.73 Å². The topological polar surface area (TPSA) is 86.7 Å². The van der Waals surface area contributed by atoms with Crippen molar-refractivity contribution in [2.24, 2.45) is 5.73 Å². The molecule has 1 fully saturated rings. The van der Waals surface area contributed by atoms with Crippen molar-refractivity contribution in [3.63, 3.8) is 0 Å². The Bertz CT molecular complexity index is 220. The van der Waals surface area contributed by atoms with Crippen molar-refractivity contribution < 1.29 is 15.3 Å². The van der Waals surface area contributed by atoms with Crippen molar-refractivity contribution in [1.29, 1.82) is 0 Å². The van der Waals surface area contributed by atoms with Crippen LogP contribution in [0.4, 0.5) is 0 Å². The standard InChI is InChI=1S/C9H20ClNO3S/c1-4(10)6(11)9-8(14)7(13)5(12)3-15(9)2/h4-9,12-15H,3,11H2,1-2H3/t4-,5-,6+,7-,8+,9+/m0/s1. The maximum atomic E-state index is 9.87. The molecule has 0 saturated carbocycles. The zero-order chi connectivity index (χ0) is 11.7. The first-order valence-corrected chi connectivity index (χ1v) is 7.48. The molecule has 7 atom stereocenters. The lowest BCUT2D eigenvalue weighted by Gasteiger charge is -2.45. The largest absolute Gasteiger partial charge is 0.390 e. The van der Waals surface area contributed by atoms with Crippen LogP contribution in [-0.2, 0) is 0 Å². The molecule has 1 unspecified atom stereocenters. The number of hydrogen-bond donors (Lipinski definition) is 5. The Kier molecular flexibility index (Phi) is 4.70. The molecule has 4 nitrogen and oxygen atoms in total. The summed E-state index contributed by atoms with van der Waals surface area (Å²) in [5.41, 5.74) is 5.91. The van der Waals surface area contributed by atoms with E-state index in [2.05, 4.69) is 0 Å². The van der Waals surface area contributed by atoms with Crippen LogP contribution in [0.3, 0.4) is 0 Å². The van der Waals surface area contributed by atoms with Crippen molar-refractivity contribution >= 4 is 22.5 Å². The Hall–Kier alpha value is 0.480. The molecule has 0 aromatic rings. The Morgan fingerprint density at radius 1 is 1.33 bits per heavy atom. The average Bonchev–Trinajstić information content (AvgIpc) is 2.14. The molecule has 0 aromatic carbocycles. The smallest absolute Gasteiger partial charge is 0.108 e. The van der Waals surface area contributed by atoms with Gasteiger partial charge in [-0.15, -0.1) is 11.6 Å². The molecule has 0 radical (unpaired) electrons. The summed E-state index contributed by atoms with van der Waals surface area (Å²) >= 11 is 5.91. The highest BCUT2D eigenvalue weighted by atomic mass is 35.5. The van der Waals surface area contributed by atoms with Gasteiger partial charge in [0.25, 0.3) is 0 Å². The summed E-state index contributed by atoms with van der Waals surface area (Å²) in [5.74, 6) is 0.509. The summed E-state index contributed by atoms with van der Waals surface area (Å²) in [6.45, 7) is 1.78. The van der Waals surface area contributed by atoms with Crippen LogP contribution in [0, 0.1) is 0 Å². The van der Waals surface area contributed by atoms with Gasteiger partial charge in [0, 0.05) is 22.4 Å². The quantitative estimate of drug-likeness (QED) is 0.326. The van der Waals surface area contributed by atoms with Gasteiger partial charge in [0.1, 0.15) is 6.10 Å². The minimum atomic E-state index is -1.10. The maximum Gasteiger partial charge on any atom is 0.108 e. The van der Waals surface area contributed by atoms with Gasteiger partial charge in [0.05, 0.1) is 12.2 Å². The summed E-state index contributed by atoms with van der Waals surface area (Å²) < 4.78 is 0. The highest BCUT2D eigenvalue weighted by Gasteiger charge is 2.43. The number of hydrogen-bond acceptors (Lipinski definition) is 4. The zero-order valence-corrected chi connectivity index (χ0v) is 10.6. The van der Waals surface area contributed by atoms with Crippen molar-refractivity contribution in [3.05, 3.63) is 0 Å². The summed E-state index contributed by atoms with van der Waals surface area (Å²) in [4.78, 5) is 0. The second-order valence-corrected chi connectivity index (χ2v) is 7.40. The summed E-state index contributed by atoms with van der Waals surface area (Å²) in [7, 11) is -0.602. The fourth-order valence-corrected chi connectivity index (χ4v) is 4.86. The molecule has 0 amide bonds. The first kappa shape index (κ1) is 13.5. The van der Waals surface area contributed by atoms with E-state index >= 15 is 0 Å². The van der Waals surface area contributed by atoms with Gasteiger partial charge in [0.15, 0.2) is 0 Å². The minimum absolute atomic E-state index is 0.203. The van der Waals surface area contributed by atoms with Crippen LogP contribution in [0.1, 0.15) is 6.92 Å². The second-order valence-electron chi connectivity index (χ2n) is 4.23. The molecular formula is C9H20ClNO3S. The second kappa shape index (κ2) is 5.21. The van der Waals surface area contributed by atoms with Crippen molar-refractivity contribution in [3.8, 4) is 0 Å². The van der Waals surface area contributed by atoms with Crippen molar-refractivity contribution in [2.75, 3.05) is 12.0 Å². The third-order valence-corrected chi connectivity index (χ3v) is 5.91. The third-order valence-electron chi connectivity index (χ3n) is 3.00. The van der Waals surface area contributed by atoms with Gasteiger partial charge < -0.3 is 21.1 Å². The molecule has 0 aromatic heterocycles. The molecule has 15 heavy (non-hydrogen) atoms. The molecule has 1 heterocycles. The van der Waals surface area contributed by atoms with Gasteiger partial charge in [0.2, 0.25) is 0 Å². The molecule has 0 aliphatic carbocycles. The number of nitrogens with two attached hydrogens (primary N) is 1. The molecule has 92 valence electrons. The fourth-order valence-electron chi connectivity index (χ4n) is 2.01. The van der Waals surface area contributed by atoms with Gasteiger partial charge in [-0.3, -0.25) is 0 Å². The predicted octanol–water partition coefficient (Wildman–Crippen LogP) is -0.963. The summed E-state index contributed by atoms with van der Waals surface area (Å²) in [5, 5.41) is 28.5. The molecule has 0 spiro atoms. The van der Waals surface area contributed by atoms with E-state index in [1.54, 1.807) is 6.92 Å². The van der Waals surface area contributed by atoms with Crippen molar-refractivity contribution in [1.82, 2.24) is 0 Å². The molecule has 0 bridgehead atoms. The zero-order valence-electron chi connectivity index (χ0n) is 8.92. The fraction of sp³-hybridized carbons (Fsp3) is 1.00. The molecule has 6 heteroatoms. The van der Waals surface area contributed by atoms with Crippen LogP contribution in [0.15, 0.2) is 0 Å². The van der Waals surface area contributed by atoms with Gasteiger partial charge in [-0.1, -0.05) is 0 Å². The lowest BCUT2D eigenvalue weighted by molar-refractivity contribution is -0.0578. The van der Waals surface area contributed by atoms with Gasteiger partial charge in [-0.25, -0.2) is 10.9 Å². The van der Waals surface area contributed by atoms with Gasteiger partial charge >= 0.3 is 0 Å². The molecule has 1 aliphatic rings. The van der Waals surface area contributed by atoms with E-state index < -0.39 is 29.2 Å². The third kappa shape index (κ3) is 2.78. The van der Waals surface area contributed by atoms with E-state index in [1.807, 2.05) is 6.26 Å².